The van der Waals surface area contributed by atoms with Gasteiger partial charge < -0.3 is 15.2 Å². The quantitative estimate of drug-likeness (QED) is 0.800. The topological polar surface area (TPSA) is 58.6 Å². The van der Waals surface area contributed by atoms with E-state index in [2.05, 4.69) is 10.1 Å². The van der Waals surface area contributed by atoms with E-state index in [1.165, 1.54) is 24.3 Å². The fourth-order valence-corrected chi connectivity index (χ4v) is 1.59. The predicted molar refractivity (Wildman–Crippen MR) is 66.3 cm³/mol. The number of aliphatic hydroxyl groups excluding tert-OH is 1. The summed E-state index contributed by atoms with van der Waals surface area (Å²) in [7, 11) is 0. The van der Waals surface area contributed by atoms with E-state index >= 15 is 0 Å². The highest BCUT2D eigenvalue weighted by molar-refractivity contribution is 5.94. The van der Waals surface area contributed by atoms with Gasteiger partial charge in [-0.1, -0.05) is 6.92 Å². The molecular formula is C13H17F2NO3. The van der Waals surface area contributed by atoms with Crippen molar-refractivity contribution in [3.63, 3.8) is 0 Å². The Bertz CT molecular complexity index is 395. The first-order chi connectivity index (χ1) is 9.06. The molecule has 0 aliphatic rings. The molecule has 1 rings (SSSR count). The number of hydrogen-bond acceptors (Lipinski definition) is 3. The molecule has 0 radical (unpaired) electrons. The molecule has 0 aliphatic carbocycles. The Labute approximate surface area is 110 Å². The summed E-state index contributed by atoms with van der Waals surface area (Å²) in [6.45, 7) is -0.978. The minimum absolute atomic E-state index is 0.0000467. The van der Waals surface area contributed by atoms with Gasteiger partial charge >= 0.3 is 6.61 Å². The molecule has 1 unspecified atom stereocenters. The molecule has 0 saturated heterocycles. The number of ether oxygens (including phenoxy) is 1. The number of nitrogens with one attached hydrogen (secondary N) is 1. The highest BCUT2D eigenvalue weighted by Crippen LogP contribution is 2.15. The molecule has 0 bridgehead atoms. The lowest BCUT2D eigenvalue weighted by Gasteiger charge is -2.15. The molecule has 4 nitrogen and oxygen atoms in total. The van der Waals surface area contributed by atoms with Gasteiger partial charge in [0.25, 0.3) is 5.91 Å². The number of alkyl halides is 2. The van der Waals surface area contributed by atoms with Crippen LogP contribution in [0.1, 0.15) is 30.1 Å². The van der Waals surface area contributed by atoms with Crippen LogP contribution in [0.25, 0.3) is 0 Å². The number of hydrogen-bond donors (Lipinski definition) is 2. The van der Waals surface area contributed by atoms with Crippen molar-refractivity contribution in [2.45, 2.75) is 32.4 Å². The van der Waals surface area contributed by atoms with Crippen molar-refractivity contribution < 1.29 is 23.4 Å². The maximum Gasteiger partial charge on any atom is 0.387 e. The molecule has 0 spiro atoms. The van der Waals surface area contributed by atoms with Crippen LogP contribution in [0.5, 0.6) is 5.75 Å². The lowest BCUT2D eigenvalue weighted by molar-refractivity contribution is -0.0498. The van der Waals surface area contributed by atoms with E-state index in [1.54, 1.807) is 0 Å². The zero-order valence-electron chi connectivity index (χ0n) is 10.6. The molecule has 0 aromatic heterocycles. The SMILES string of the molecule is CCC(CCO)NC(=O)c1ccc(OC(F)F)cc1. The number of carbonyl (C=O) groups is 1. The summed E-state index contributed by atoms with van der Waals surface area (Å²) in [6.07, 6.45) is 1.19. The second-order valence-corrected chi connectivity index (χ2v) is 3.99. The van der Waals surface area contributed by atoms with Crippen LogP contribution >= 0.6 is 0 Å². The number of benzene rings is 1. The van der Waals surface area contributed by atoms with Crippen LogP contribution in [-0.2, 0) is 0 Å². The second-order valence-electron chi connectivity index (χ2n) is 3.99. The third-order valence-corrected chi connectivity index (χ3v) is 2.65. The molecular weight excluding hydrogens is 256 g/mol. The lowest BCUT2D eigenvalue weighted by Crippen LogP contribution is -2.35. The van der Waals surface area contributed by atoms with Crippen molar-refractivity contribution in [1.82, 2.24) is 5.32 Å². The Morgan fingerprint density at radius 3 is 2.47 bits per heavy atom. The van der Waals surface area contributed by atoms with Crippen LogP contribution in [0.15, 0.2) is 24.3 Å². The van der Waals surface area contributed by atoms with Gasteiger partial charge in [-0.3, -0.25) is 4.79 Å². The summed E-state index contributed by atoms with van der Waals surface area (Å²) in [4.78, 5) is 11.8. The van der Waals surface area contributed by atoms with Gasteiger partial charge in [0.2, 0.25) is 0 Å². The minimum atomic E-state index is -2.88. The molecule has 2 N–H and O–H groups in total. The van der Waals surface area contributed by atoms with Gasteiger partial charge in [-0.05, 0) is 37.1 Å². The predicted octanol–water partition coefficient (Wildman–Crippen LogP) is 2.18. The van der Waals surface area contributed by atoms with Crippen molar-refractivity contribution in [3.8, 4) is 5.75 Å². The van der Waals surface area contributed by atoms with Crippen molar-refractivity contribution in [2.24, 2.45) is 0 Å². The van der Waals surface area contributed by atoms with Gasteiger partial charge in [0, 0.05) is 18.2 Å². The fraction of sp³-hybridized carbons (Fsp3) is 0.462. The van der Waals surface area contributed by atoms with Crippen molar-refractivity contribution >= 4 is 5.91 Å². The number of rotatable bonds is 7. The summed E-state index contributed by atoms with van der Waals surface area (Å²) in [6, 6.07) is 5.36. The Morgan fingerprint density at radius 2 is 2.00 bits per heavy atom. The first kappa shape index (κ1) is 15.4. The third kappa shape index (κ3) is 5.21. The van der Waals surface area contributed by atoms with Gasteiger partial charge in [0.1, 0.15) is 5.75 Å². The van der Waals surface area contributed by atoms with E-state index in [0.717, 1.165) is 0 Å². The highest BCUT2D eigenvalue weighted by atomic mass is 19.3. The minimum Gasteiger partial charge on any atom is -0.435 e. The van der Waals surface area contributed by atoms with Crippen LogP contribution in [0.2, 0.25) is 0 Å². The second kappa shape index (κ2) is 7.68. The average molecular weight is 273 g/mol. The molecule has 1 amide bonds. The maximum absolute atomic E-state index is 12.0. The zero-order valence-corrected chi connectivity index (χ0v) is 10.6. The normalized spacial score (nSPS) is 12.3. The first-order valence-corrected chi connectivity index (χ1v) is 6.03. The number of halogens is 2. The maximum atomic E-state index is 12.0. The zero-order chi connectivity index (χ0) is 14.3. The van der Waals surface area contributed by atoms with E-state index in [0.29, 0.717) is 18.4 Å². The number of amides is 1. The molecule has 1 aromatic rings. The molecule has 0 heterocycles. The van der Waals surface area contributed by atoms with Crippen molar-refractivity contribution in [3.05, 3.63) is 29.8 Å². The molecule has 0 aliphatic heterocycles. The van der Waals surface area contributed by atoms with Gasteiger partial charge in [0.15, 0.2) is 0 Å². The molecule has 1 atom stereocenters. The standard InChI is InChI=1S/C13H17F2NO3/c1-2-10(7-8-17)16-12(18)9-3-5-11(6-4-9)19-13(14)15/h3-6,10,13,17H,2,7-8H2,1H3,(H,16,18). The van der Waals surface area contributed by atoms with Crippen LogP contribution in [0.4, 0.5) is 8.78 Å². The van der Waals surface area contributed by atoms with Crippen molar-refractivity contribution in [2.75, 3.05) is 6.61 Å². The monoisotopic (exact) mass is 273 g/mol. The molecule has 19 heavy (non-hydrogen) atoms. The molecule has 0 saturated carbocycles. The Morgan fingerprint density at radius 1 is 1.37 bits per heavy atom. The molecule has 6 heteroatoms. The van der Waals surface area contributed by atoms with Gasteiger partial charge in [-0.25, -0.2) is 0 Å². The summed E-state index contributed by atoms with van der Waals surface area (Å²) in [5.41, 5.74) is 0.359. The van der Waals surface area contributed by atoms with Crippen LogP contribution in [0.3, 0.4) is 0 Å². The van der Waals surface area contributed by atoms with Crippen LogP contribution in [0, 0.1) is 0 Å². The Hall–Kier alpha value is -1.69. The van der Waals surface area contributed by atoms with E-state index < -0.39 is 6.61 Å². The summed E-state index contributed by atoms with van der Waals surface area (Å²) in [5, 5.41) is 11.6. The molecule has 0 fully saturated rings. The van der Waals surface area contributed by atoms with Crippen LogP contribution in [-0.4, -0.2) is 30.3 Å². The van der Waals surface area contributed by atoms with Crippen molar-refractivity contribution in [1.29, 1.82) is 0 Å². The van der Waals surface area contributed by atoms with Crippen LogP contribution < -0.4 is 10.1 Å². The van der Waals surface area contributed by atoms with E-state index in [4.69, 9.17) is 5.11 Å². The van der Waals surface area contributed by atoms with E-state index in [9.17, 15) is 13.6 Å². The van der Waals surface area contributed by atoms with Gasteiger partial charge in [-0.15, -0.1) is 0 Å². The number of carbonyl (C=O) groups excluding carboxylic acids is 1. The number of aliphatic hydroxyl groups is 1. The third-order valence-electron chi connectivity index (χ3n) is 2.65. The fourth-order valence-electron chi connectivity index (χ4n) is 1.59. The molecule has 106 valence electrons. The average Bonchev–Trinajstić information content (AvgIpc) is 2.38. The molecule has 1 aromatic carbocycles. The highest BCUT2D eigenvalue weighted by Gasteiger charge is 2.12. The largest absolute Gasteiger partial charge is 0.435 e. The first-order valence-electron chi connectivity index (χ1n) is 6.03. The van der Waals surface area contributed by atoms with E-state index in [1.807, 2.05) is 6.92 Å². The summed E-state index contributed by atoms with van der Waals surface area (Å²) < 4.78 is 28.1. The Balaban J connectivity index is 2.62. The lowest BCUT2D eigenvalue weighted by atomic mass is 10.1. The van der Waals surface area contributed by atoms with E-state index in [-0.39, 0.29) is 24.3 Å². The van der Waals surface area contributed by atoms with Gasteiger partial charge in [-0.2, -0.15) is 8.78 Å². The smallest absolute Gasteiger partial charge is 0.387 e. The summed E-state index contributed by atoms with van der Waals surface area (Å²) >= 11 is 0. The van der Waals surface area contributed by atoms with Gasteiger partial charge in [0.05, 0.1) is 0 Å². The summed E-state index contributed by atoms with van der Waals surface area (Å²) in [5.74, 6) is -0.294. The Kier molecular flexibility index (Phi) is 6.21.